The summed E-state index contributed by atoms with van der Waals surface area (Å²) in [4.78, 5) is 6.45. The third kappa shape index (κ3) is 4.16. The highest BCUT2D eigenvalue weighted by Crippen LogP contribution is 2.38. The Kier molecular flexibility index (Phi) is 5.46. The van der Waals surface area contributed by atoms with Gasteiger partial charge in [-0.1, -0.05) is 6.42 Å². The summed E-state index contributed by atoms with van der Waals surface area (Å²) in [7, 11) is 2.09. The summed E-state index contributed by atoms with van der Waals surface area (Å²) >= 11 is 0. The molecule has 0 amide bonds. The van der Waals surface area contributed by atoms with E-state index in [1.807, 2.05) is 0 Å². The van der Waals surface area contributed by atoms with Crippen LogP contribution in [-0.4, -0.2) is 51.4 Å². The second-order valence-electron chi connectivity index (χ2n) is 7.65. The van der Waals surface area contributed by atoms with E-state index in [4.69, 9.17) is 0 Å². The molecule has 0 spiro atoms. The van der Waals surface area contributed by atoms with Crippen molar-refractivity contribution in [2.24, 2.45) is 0 Å². The highest BCUT2D eigenvalue weighted by molar-refractivity contribution is 6.00. The van der Waals surface area contributed by atoms with E-state index in [2.05, 4.69) is 32.4 Å². The number of likely N-dealkylation sites (N-methyl/N-ethyl adjacent to an activating group) is 1. The van der Waals surface area contributed by atoms with Gasteiger partial charge in [-0.2, -0.15) is 13.2 Å². The largest absolute Gasteiger partial charge is 0.507 e. The summed E-state index contributed by atoms with van der Waals surface area (Å²) in [6, 6.07) is 4.78. The molecule has 4 rings (SSSR count). The number of benzene rings is 1. The Morgan fingerprint density at radius 2 is 1.97 bits per heavy atom. The van der Waals surface area contributed by atoms with Gasteiger partial charge in [0.15, 0.2) is 5.82 Å². The van der Waals surface area contributed by atoms with E-state index in [1.54, 1.807) is 18.5 Å². The van der Waals surface area contributed by atoms with Gasteiger partial charge in [0.2, 0.25) is 0 Å². The van der Waals surface area contributed by atoms with Crippen LogP contribution in [0.3, 0.4) is 0 Å². The summed E-state index contributed by atoms with van der Waals surface area (Å²) in [5.41, 5.74) is -0.423. The standard InChI is InChI=1S/C21H22F3N5O/c1-29-9-3-2-4-14(12-29)26-20-17-11-25-8-7-15(17)19(27-28-20)16-6-5-13(10-18(16)30)21(22,23)24/h5-8,10-11,14,30H,2-4,9,12H2,1H3,(H,26,28)/t14-/m1/s1. The average Bonchev–Trinajstić information content (AvgIpc) is 2.91. The maximum Gasteiger partial charge on any atom is 0.416 e. The molecule has 1 aliphatic rings. The molecule has 2 N–H and O–H groups in total. The molecule has 6 nitrogen and oxygen atoms in total. The number of nitrogens with zero attached hydrogens (tertiary/aromatic N) is 4. The van der Waals surface area contributed by atoms with Gasteiger partial charge >= 0.3 is 6.18 Å². The third-order valence-corrected chi connectivity index (χ3v) is 5.38. The average molecular weight is 417 g/mol. The predicted molar refractivity (Wildman–Crippen MR) is 108 cm³/mol. The van der Waals surface area contributed by atoms with Gasteiger partial charge in [-0.15, -0.1) is 10.2 Å². The first-order valence-corrected chi connectivity index (χ1v) is 9.79. The summed E-state index contributed by atoms with van der Waals surface area (Å²) in [6.45, 7) is 1.93. The maximum atomic E-state index is 12.9. The van der Waals surface area contributed by atoms with Crippen LogP contribution in [0.4, 0.5) is 19.0 Å². The number of pyridine rings is 1. The zero-order valence-corrected chi connectivity index (χ0v) is 16.4. The molecule has 0 bridgehead atoms. The van der Waals surface area contributed by atoms with Crippen molar-refractivity contribution in [1.82, 2.24) is 20.1 Å². The third-order valence-electron chi connectivity index (χ3n) is 5.38. The van der Waals surface area contributed by atoms with Gasteiger partial charge in [-0.05, 0) is 50.7 Å². The van der Waals surface area contributed by atoms with Gasteiger partial charge in [0.25, 0.3) is 0 Å². The first-order chi connectivity index (χ1) is 14.3. The molecule has 1 aromatic carbocycles. The predicted octanol–water partition coefficient (Wildman–Crippen LogP) is 4.31. The smallest absolute Gasteiger partial charge is 0.416 e. The number of hydrogen-bond acceptors (Lipinski definition) is 6. The van der Waals surface area contributed by atoms with E-state index in [0.29, 0.717) is 28.4 Å². The topological polar surface area (TPSA) is 74.2 Å². The van der Waals surface area contributed by atoms with Gasteiger partial charge in [-0.3, -0.25) is 4.98 Å². The van der Waals surface area contributed by atoms with Crippen LogP contribution in [-0.2, 0) is 6.18 Å². The Balaban J connectivity index is 1.73. The molecule has 3 heterocycles. The molecule has 1 atom stereocenters. The van der Waals surface area contributed by atoms with E-state index < -0.39 is 17.5 Å². The van der Waals surface area contributed by atoms with Crippen molar-refractivity contribution in [2.45, 2.75) is 31.5 Å². The summed E-state index contributed by atoms with van der Waals surface area (Å²) in [5, 5.41) is 23.6. The molecular formula is C21H22F3N5O. The monoisotopic (exact) mass is 417 g/mol. The molecule has 0 unspecified atom stereocenters. The SMILES string of the molecule is CN1CCCC[C@@H](Nc2nnc(-c3ccc(C(F)(F)F)cc3O)c3ccncc23)C1. The van der Waals surface area contributed by atoms with Crippen molar-refractivity contribution in [2.75, 3.05) is 25.5 Å². The van der Waals surface area contributed by atoms with Gasteiger partial charge in [0.05, 0.1) is 5.56 Å². The molecule has 0 radical (unpaired) electrons. The summed E-state index contributed by atoms with van der Waals surface area (Å²) in [6.07, 6.45) is 1.97. The van der Waals surface area contributed by atoms with Crippen LogP contribution in [0.1, 0.15) is 24.8 Å². The molecule has 3 aromatic rings. The number of nitrogens with one attached hydrogen (secondary N) is 1. The van der Waals surface area contributed by atoms with Crippen molar-refractivity contribution in [3.05, 3.63) is 42.2 Å². The Labute approximate surface area is 171 Å². The molecule has 30 heavy (non-hydrogen) atoms. The lowest BCUT2D eigenvalue weighted by molar-refractivity contribution is -0.137. The Hall–Kier alpha value is -2.94. The van der Waals surface area contributed by atoms with Crippen molar-refractivity contribution in [1.29, 1.82) is 0 Å². The summed E-state index contributed by atoms with van der Waals surface area (Å²) < 4.78 is 38.8. The van der Waals surface area contributed by atoms with Gasteiger partial charge in [-0.25, -0.2) is 0 Å². The second-order valence-corrected chi connectivity index (χ2v) is 7.65. The zero-order valence-electron chi connectivity index (χ0n) is 16.4. The minimum Gasteiger partial charge on any atom is -0.507 e. The molecule has 1 fully saturated rings. The lowest BCUT2D eigenvalue weighted by Gasteiger charge is -2.22. The fourth-order valence-electron chi connectivity index (χ4n) is 3.85. The number of phenols is 1. The highest BCUT2D eigenvalue weighted by atomic mass is 19.4. The molecule has 1 saturated heterocycles. The van der Waals surface area contributed by atoms with Gasteiger partial charge in [0.1, 0.15) is 11.4 Å². The number of halogens is 3. The quantitative estimate of drug-likeness (QED) is 0.662. The molecule has 0 saturated carbocycles. The first-order valence-electron chi connectivity index (χ1n) is 9.79. The highest BCUT2D eigenvalue weighted by Gasteiger charge is 2.31. The Morgan fingerprint density at radius 1 is 1.13 bits per heavy atom. The van der Waals surface area contributed by atoms with E-state index in [1.165, 1.54) is 6.07 Å². The van der Waals surface area contributed by atoms with Crippen molar-refractivity contribution in [3.8, 4) is 17.0 Å². The number of alkyl halides is 3. The molecular weight excluding hydrogens is 395 g/mol. The van der Waals surface area contributed by atoms with E-state index in [-0.39, 0.29) is 11.6 Å². The van der Waals surface area contributed by atoms with E-state index in [0.717, 1.165) is 38.4 Å². The minimum atomic E-state index is -4.53. The number of rotatable bonds is 3. The number of anilines is 1. The van der Waals surface area contributed by atoms with Gasteiger partial charge in [0, 0.05) is 41.3 Å². The number of fused-ring (bicyclic) bond motifs is 1. The molecule has 2 aromatic heterocycles. The Morgan fingerprint density at radius 3 is 2.73 bits per heavy atom. The van der Waals surface area contributed by atoms with Crippen LogP contribution < -0.4 is 5.32 Å². The summed E-state index contributed by atoms with van der Waals surface area (Å²) in [5.74, 6) is 0.0805. The number of hydrogen-bond donors (Lipinski definition) is 2. The van der Waals surface area contributed by atoms with Crippen LogP contribution in [0, 0.1) is 0 Å². The lowest BCUT2D eigenvalue weighted by atomic mass is 10.0. The van der Waals surface area contributed by atoms with E-state index >= 15 is 0 Å². The van der Waals surface area contributed by atoms with Crippen LogP contribution in [0.5, 0.6) is 5.75 Å². The number of phenolic OH excluding ortho intramolecular Hbond substituents is 1. The van der Waals surface area contributed by atoms with Crippen molar-refractivity contribution < 1.29 is 18.3 Å². The van der Waals surface area contributed by atoms with Crippen LogP contribution in [0.15, 0.2) is 36.7 Å². The van der Waals surface area contributed by atoms with Crippen LogP contribution in [0.2, 0.25) is 0 Å². The lowest BCUT2D eigenvalue weighted by Crippen LogP contribution is -2.33. The fourth-order valence-corrected chi connectivity index (χ4v) is 3.85. The van der Waals surface area contributed by atoms with Crippen molar-refractivity contribution >= 4 is 16.6 Å². The Bertz CT molecular complexity index is 1060. The van der Waals surface area contributed by atoms with E-state index in [9.17, 15) is 18.3 Å². The minimum absolute atomic E-state index is 0.187. The fraction of sp³-hybridized carbons (Fsp3) is 0.381. The number of likely N-dealkylation sites (tertiary alicyclic amines) is 1. The molecule has 0 aliphatic carbocycles. The second kappa shape index (κ2) is 8.06. The molecule has 158 valence electrons. The van der Waals surface area contributed by atoms with Crippen molar-refractivity contribution in [3.63, 3.8) is 0 Å². The van der Waals surface area contributed by atoms with Crippen LogP contribution >= 0.6 is 0 Å². The molecule has 9 heteroatoms. The number of aromatic nitrogens is 3. The normalized spacial score (nSPS) is 18.3. The zero-order chi connectivity index (χ0) is 21.3. The van der Waals surface area contributed by atoms with Gasteiger partial charge < -0.3 is 15.3 Å². The first kappa shape index (κ1) is 20.3. The molecule has 1 aliphatic heterocycles. The number of aromatic hydroxyl groups is 1. The maximum absolute atomic E-state index is 12.9. The van der Waals surface area contributed by atoms with Crippen LogP contribution in [0.25, 0.3) is 22.0 Å².